The SMILES string of the molecule is Cn1ncc(Br)c1C(N)c1cc2cc(F)ccc2s1. The van der Waals surface area contributed by atoms with Gasteiger partial charge in [0.2, 0.25) is 0 Å². The largest absolute Gasteiger partial charge is 0.318 e. The minimum absolute atomic E-state index is 0.230. The van der Waals surface area contributed by atoms with Crippen LogP contribution in [-0.4, -0.2) is 9.78 Å². The van der Waals surface area contributed by atoms with Crippen LogP contribution in [0.25, 0.3) is 10.1 Å². The molecule has 1 aromatic carbocycles. The molecule has 0 radical (unpaired) electrons. The molecule has 0 aliphatic rings. The second-order valence-corrected chi connectivity index (χ2v) is 6.28. The second kappa shape index (κ2) is 4.70. The normalized spacial score (nSPS) is 13.1. The summed E-state index contributed by atoms with van der Waals surface area (Å²) in [4.78, 5) is 0.991. The van der Waals surface area contributed by atoms with Gasteiger partial charge in [-0.25, -0.2) is 4.39 Å². The Labute approximate surface area is 122 Å². The van der Waals surface area contributed by atoms with E-state index in [1.165, 1.54) is 12.1 Å². The molecule has 2 heterocycles. The minimum Gasteiger partial charge on any atom is -0.318 e. The van der Waals surface area contributed by atoms with Crippen molar-refractivity contribution < 1.29 is 4.39 Å². The molecule has 98 valence electrons. The Morgan fingerprint density at radius 3 is 2.89 bits per heavy atom. The van der Waals surface area contributed by atoms with Crippen LogP contribution in [0.1, 0.15) is 16.6 Å². The van der Waals surface area contributed by atoms with E-state index in [4.69, 9.17) is 5.73 Å². The van der Waals surface area contributed by atoms with Crippen molar-refractivity contribution in [3.63, 3.8) is 0 Å². The summed E-state index contributed by atoms with van der Waals surface area (Å²) in [5, 5.41) is 5.05. The highest BCUT2D eigenvalue weighted by atomic mass is 79.9. The lowest BCUT2D eigenvalue weighted by molar-refractivity contribution is 0.630. The summed E-state index contributed by atoms with van der Waals surface area (Å²) in [5.74, 6) is -0.230. The van der Waals surface area contributed by atoms with Crippen molar-refractivity contribution in [3.05, 3.63) is 51.3 Å². The molecule has 0 aliphatic carbocycles. The first-order valence-electron chi connectivity index (χ1n) is 5.68. The summed E-state index contributed by atoms with van der Waals surface area (Å²) in [6, 6.07) is 6.44. The third kappa shape index (κ3) is 2.20. The molecule has 3 rings (SSSR count). The van der Waals surface area contributed by atoms with Crippen LogP contribution in [0.15, 0.2) is 34.9 Å². The smallest absolute Gasteiger partial charge is 0.123 e. The van der Waals surface area contributed by atoms with Gasteiger partial charge in [-0.3, -0.25) is 4.68 Å². The predicted molar refractivity (Wildman–Crippen MR) is 78.7 cm³/mol. The maximum atomic E-state index is 13.2. The zero-order valence-corrected chi connectivity index (χ0v) is 12.5. The predicted octanol–water partition coefficient (Wildman–Crippen LogP) is 3.58. The van der Waals surface area contributed by atoms with Gasteiger partial charge in [0, 0.05) is 16.6 Å². The Kier molecular flexibility index (Phi) is 3.16. The highest BCUT2D eigenvalue weighted by Gasteiger charge is 2.19. The van der Waals surface area contributed by atoms with Gasteiger partial charge in [0.1, 0.15) is 5.82 Å². The summed E-state index contributed by atoms with van der Waals surface area (Å²) in [5.41, 5.74) is 7.20. The molecular formula is C13H11BrFN3S. The molecule has 19 heavy (non-hydrogen) atoms. The van der Waals surface area contributed by atoms with Crippen molar-refractivity contribution in [2.24, 2.45) is 12.8 Å². The average Bonchev–Trinajstić information content (AvgIpc) is 2.92. The Morgan fingerprint density at radius 1 is 1.42 bits per heavy atom. The number of halogens is 2. The lowest BCUT2D eigenvalue weighted by Crippen LogP contribution is -2.15. The standard InChI is InChI=1S/C13H11BrFN3S/c1-18-13(9(14)6-17-18)12(16)11-5-7-4-8(15)2-3-10(7)19-11/h2-6,12H,16H2,1H3. The molecule has 0 fully saturated rings. The zero-order valence-electron chi connectivity index (χ0n) is 10.1. The molecule has 6 heteroatoms. The number of rotatable bonds is 2. The molecule has 0 saturated heterocycles. The van der Waals surface area contributed by atoms with Gasteiger partial charge < -0.3 is 5.73 Å². The van der Waals surface area contributed by atoms with Crippen LogP contribution in [0, 0.1) is 5.82 Å². The number of hydrogen-bond acceptors (Lipinski definition) is 3. The molecule has 0 saturated carbocycles. The van der Waals surface area contributed by atoms with Gasteiger partial charge in [0.25, 0.3) is 0 Å². The summed E-state index contributed by atoms with van der Waals surface area (Å²) in [6.07, 6.45) is 1.72. The van der Waals surface area contributed by atoms with E-state index in [1.807, 2.05) is 13.1 Å². The summed E-state index contributed by atoms with van der Waals surface area (Å²) >= 11 is 5.03. The average molecular weight is 340 g/mol. The molecular weight excluding hydrogens is 329 g/mol. The summed E-state index contributed by atoms with van der Waals surface area (Å²) < 4.78 is 16.9. The van der Waals surface area contributed by atoms with Crippen LogP contribution in [0.2, 0.25) is 0 Å². The lowest BCUT2D eigenvalue weighted by Gasteiger charge is -2.10. The fourth-order valence-electron chi connectivity index (χ4n) is 2.09. The molecule has 0 bridgehead atoms. The van der Waals surface area contributed by atoms with E-state index in [1.54, 1.807) is 28.3 Å². The third-order valence-electron chi connectivity index (χ3n) is 3.04. The van der Waals surface area contributed by atoms with Crippen molar-refractivity contribution in [1.29, 1.82) is 0 Å². The fourth-order valence-corrected chi connectivity index (χ4v) is 3.74. The van der Waals surface area contributed by atoms with Crippen molar-refractivity contribution in [3.8, 4) is 0 Å². The molecule has 0 aliphatic heterocycles. The summed E-state index contributed by atoms with van der Waals surface area (Å²) in [6.45, 7) is 0. The molecule has 1 atom stereocenters. The van der Waals surface area contributed by atoms with Gasteiger partial charge in [-0.05, 0) is 45.6 Å². The van der Waals surface area contributed by atoms with Gasteiger partial charge in [-0.1, -0.05) is 0 Å². The molecule has 3 nitrogen and oxygen atoms in total. The van der Waals surface area contributed by atoms with Crippen LogP contribution in [0.4, 0.5) is 4.39 Å². The number of benzene rings is 1. The molecule has 1 unspecified atom stereocenters. The number of aromatic nitrogens is 2. The number of thiophene rings is 1. The summed E-state index contributed by atoms with van der Waals surface area (Å²) in [7, 11) is 1.85. The Hall–Kier alpha value is -1.24. The Morgan fingerprint density at radius 2 is 2.21 bits per heavy atom. The quantitative estimate of drug-likeness (QED) is 0.775. The van der Waals surface area contributed by atoms with Crippen LogP contribution in [0.3, 0.4) is 0 Å². The topological polar surface area (TPSA) is 43.8 Å². The first-order chi connectivity index (χ1) is 9.06. The van der Waals surface area contributed by atoms with Gasteiger partial charge in [0.15, 0.2) is 0 Å². The van der Waals surface area contributed by atoms with Crippen LogP contribution in [0.5, 0.6) is 0 Å². The second-order valence-electron chi connectivity index (χ2n) is 4.31. The maximum Gasteiger partial charge on any atom is 0.123 e. The molecule has 0 amide bonds. The van der Waals surface area contributed by atoms with Gasteiger partial charge in [-0.2, -0.15) is 5.10 Å². The van der Waals surface area contributed by atoms with Crippen LogP contribution < -0.4 is 5.73 Å². The van der Waals surface area contributed by atoms with Gasteiger partial charge in [-0.15, -0.1) is 11.3 Å². The van der Waals surface area contributed by atoms with E-state index in [-0.39, 0.29) is 11.9 Å². The van der Waals surface area contributed by atoms with E-state index < -0.39 is 0 Å². The first kappa shape index (κ1) is 12.8. The van der Waals surface area contributed by atoms with Gasteiger partial charge in [0.05, 0.1) is 22.4 Å². The van der Waals surface area contributed by atoms with E-state index in [0.29, 0.717) is 0 Å². The van der Waals surface area contributed by atoms with Crippen LogP contribution in [-0.2, 0) is 7.05 Å². The third-order valence-corrected chi connectivity index (χ3v) is 4.85. The Balaban J connectivity index is 2.09. The van der Waals surface area contributed by atoms with Crippen molar-refractivity contribution >= 4 is 37.4 Å². The first-order valence-corrected chi connectivity index (χ1v) is 7.29. The number of nitrogens with zero attached hydrogens (tertiary/aromatic N) is 2. The van der Waals surface area contributed by atoms with E-state index in [2.05, 4.69) is 21.0 Å². The van der Waals surface area contributed by atoms with Crippen molar-refractivity contribution in [1.82, 2.24) is 9.78 Å². The minimum atomic E-state index is -0.276. The number of aryl methyl sites for hydroxylation is 1. The fraction of sp³-hybridized carbons (Fsp3) is 0.154. The molecule has 3 aromatic rings. The van der Waals surface area contributed by atoms with Crippen molar-refractivity contribution in [2.75, 3.05) is 0 Å². The van der Waals surface area contributed by atoms with E-state index in [9.17, 15) is 4.39 Å². The van der Waals surface area contributed by atoms with E-state index in [0.717, 1.165) is 25.1 Å². The van der Waals surface area contributed by atoms with Gasteiger partial charge >= 0.3 is 0 Å². The monoisotopic (exact) mass is 339 g/mol. The molecule has 2 aromatic heterocycles. The maximum absolute atomic E-state index is 13.2. The molecule has 0 spiro atoms. The highest BCUT2D eigenvalue weighted by molar-refractivity contribution is 9.10. The lowest BCUT2D eigenvalue weighted by atomic mass is 10.1. The number of hydrogen-bond donors (Lipinski definition) is 1. The molecule has 2 N–H and O–H groups in total. The van der Waals surface area contributed by atoms with E-state index >= 15 is 0 Å². The number of fused-ring (bicyclic) bond motifs is 1. The number of nitrogens with two attached hydrogens (primary N) is 1. The highest BCUT2D eigenvalue weighted by Crippen LogP contribution is 2.34. The van der Waals surface area contributed by atoms with Crippen LogP contribution >= 0.6 is 27.3 Å². The van der Waals surface area contributed by atoms with Crippen molar-refractivity contribution in [2.45, 2.75) is 6.04 Å². The Bertz CT molecular complexity index is 730. The zero-order chi connectivity index (χ0) is 13.6.